The third kappa shape index (κ3) is 1.75. The molecule has 0 spiro atoms. The fourth-order valence-corrected chi connectivity index (χ4v) is 3.50. The van der Waals surface area contributed by atoms with Crippen LogP contribution in [0.2, 0.25) is 0 Å². The Morgan fingerprint density at radius 3 is 2.53 bits per heavy atom. The van der Waals surface area contributed by atoms with Crippen molar-refractivity contribution in [3.05, 3.63) is 28.8 Å². The molecular weight excluding hydrogens is 210 g/mol. The molecule has 0 amide bonds. The molecule has 3 rings (SSSR count). The van der Waals surface area contributed by atoms with E-state index in [1.54, 1.807) is 0 Å². The lowest BCUT2D eigenvalue weighted by Gasteiger charge is -2.34. The summed E-state index contributed by atoms with van der Waals surface area (Å²) in [6, 6.07) is 4.26. The zero-order valence-corrected chi connectivity index (χ0v) is 10.3. The first-order valence-electron chi connectivity index (χ1n) is 6.84. The van der Waals surface area contributed by atoms with E-state index in [4.69, 9.17) is 5.73 Å². The summed E-state index contributed by atoms with van der Waals surface area (Å²) in [5.41, 5.74) is 9.72. The van der Waals surface area contributed by atoms with Crippen molar-refractivity contribution < 1.29 is 5.11 Å². The number of aryl methyl sites for hydroxylation is 1. The van der Waals surface area contributed by atoms with E-state index in [1.807, 2.05) is 0 Å². The second kappa shape index (κ2) is 4.02. The average molecular weight is 231 g/mol. The van der Waals surface area contributed by atoms with Crippen LogP contribution in [0.4, 0.5) is 0 Å². The summed E-state index contributed by atoms with van der Waals surface area (Å²) in [6.07, 6.45) is 8.99. The summed E-state index contributed by atoms with van der Waals surface area (Å²) >= 11 is 0. The number of phenols is 1. The normalized spacial score (nSPS) is 22.4. The molecule has 0 radical (unpaired) electrons. The molecule has 0 heterocycles. The van der Waals surface area contributed by atoms with Gasteiger partial charge >= 0.3 is 0 Å². The van der Waals surface area contributed by atoms with Crippen molar-refractivity contribution in [1.82, 2.24) is 0 Å². The van der Waals surface area contributed by atoms with Gasteiger partial charge in [0.1, 0.15) is 5.75 Å². The predicted molar refractivity (Wildman–Crippen MR) is 69.1 cm³/mol. The smallest absolute Gasteiger partial charge is 0.124 e. The first kappa shape index (κ1) is 11.1. The van der Waals surface area contributed by atoms with Gasteiger partial charge in [-0.3, -0.25) is 0 Å². The van der Waals surface area contributed by atoms with Gasteiger partial charge in [-0.25, -0.2) is 0 Å². The van der Waals surface area contributed by atoms with Gasteiger partial charge in [-0.2, -0.15) is 0 Å². The van der Waals surface area contributed by atoms with E-state index in [9.17, 15) is 5.11 Å². The van der Waals surface area contributed by atoms with Gasteiger partial charge in [-0.05, 0) is 43.2 Å². The van der Waals surface area contributed by atoms with Crippen molar-refractivity contribution in [1.29, 1.82) is 0 Å². The highest BCUT2D eigenvalue weighted by Crippen LogP contribution is 2.42. The first-order chi connectivity index (χ1) is 8.21. The molecule has 3 N–H and O–H groups in total. The number of fused-ring (bicyclic) bond motifs is 1. The largest absolute Gasteiger partial charge is 0.507 e. The molecule has 2 nitrogen and oxygen atoms in total. The molecule has 1 aromatic carbocycles. The molecule has 2 aliphatic carbocycles. The Morgan fingerprint density at radius 1 is 1.00 bits per heavy atom. The number of hydrogen-bond donors (Lipinski definition) is 2. The molecule has 0 bridgehead atoms. The fraction of sp³-hybridized carbons (Fsp3) is 0.600. The van der Waals surface area contributed by atoms with E-state index in [1.165, 1.54) is 31.2 Å². The molecule has 1 aromatic rings. The third-order valence-corrected chi connectivity index (χ3v) is 4.53. The Morgan fingerprint density at radius 2 is 1.76 bits per heavy atom. The lowest BCUT2D eigenvalue weighted by atomic mass is 9.76. The van der Waals surface area contributed by atoms with Gasteiger partial charge in [0, 0.05) is 11.1 Å². The monoisotopic (exact) mass is 231 g/mol. The Balaban J connectivity index is 2.03. The Hall–Kier alpha value is -1.02. The summed E-state index contributed by atoms with van der Waals surface area (Å²) in [5.74, 6) is 0.504. The summed E-state index contributed by atoms with van der Waals surface area (Å²) in [4.78, 5) is 0. The summed E-state index contributed by atoms with van der Waals surface area (Å²) in [7, 11) is 0. The lowest BCUT2D eigenvalue weighted by Crippen LogP contribution is -2.38. The maximum absolute atomic E-state index is 10.4. The van der Waals surface area contributed by atoms with Crippen LogP contribution >= 0.6 is 0 Å². The highest BCUT2D eigenvalue weighted by Gasteiger charge is 2.33. The molecule has 0 unspecified atom stereocenters. The topological polar surface area (TPSA) is 46.2 Å². The van der Waals surface area contributed by atoms with Crippen LogP contribution in [0, 0.1) is 0 Å². The molecular formula is C15H21NO. The van der Waals surface area contributed by atoms with Gasteiger partial charge in [0.15, 0.2) is 0 Å². The number of phenolic OH excluding ortho intramolecular Hbond substituents is 1. The SMILES string of the molecule is NC1(c2ccc3c(c2O)CCC3)CCCCC1. The molecule has 92 valence electrons. The molecule has 0 saturated heterocycles. The van der Waals surface area contributed by atoms with Gasteiger partial charge in [-0.15, -0.1) is 0 Å². The lowest BCUT2D eigenvalue weighted by molar-refractivity contribution is 0.291. The minimum absolute atomic E-state index is 0.278. The number of benzene rings is 1. The van der Waals surface area contributed by atoms with Gasteiger partial charge in [0.25, 0.3) is 0 Å². The zero-order chi connectivity index (χ0) is 11.9. The quantitative estimate of drug-likeness (QED) is 0.780. The predicted octanol–water partition coefficient (Wildman–Crippen LogP) is 3.00. The van der Waals surface area contributed by atoms with Gasteiger partial charge in [0.2, 0.25) is 0 Å². The summed E-state index contributed by atoms with van der Waals surface area (Å²) in [6.45, 7) is 0. The van der Waals surface area contributed by atoms with Gasteiger partial charge in [0.05, 0.1) is 0 Å². The molecule has 1 saturated carbocycles. The molecule has 1 fully saturated rings. The number of aromatic hydroxyl groups is 1. The van der Waals surface area contributed by atoms with Crippen molar-refractivity contribution in [3.63, 3.8) is 0 Å². The van der Waals surface area contributed by atoms with Gasteiger partial charge < -0.3 is 10.8 Å². The van der Waals surface area contributed by atoms with E-state index in [0.29, 0.717) is 5.75 Å². The van der Waals surface area contributed by atoms with E-state index in [-0.39, 0.29) is 5.54 Å². The van der Waals surface area contributed by atoms with Gasteiger partial charge in [-0.1, -0.05) is 31.4 Å². The minimum atomic E-state index is -0.278. The molecule has 17 heavy (non-hydrogen) atoms. The van der Waals surface area contributed by atoms with Crippen LogP contribution in [0.5, 0.6) is 5.75 Å². The highest BCUT2D eigenvalue weighted by molar-refractivity contribution is 5.50. The van der Waals surface area contributed by atoms with E-state index >= 15 is 0 Å². The van der Waals surface area contributed by atoms with Crippen LogP contribution in [0.15, 0.2) is 12.1 Å². The number of hydrogen-bond acceptors (Lipinski definition) is 2. The fourth-order valence-electron chi connectivity index (χ4n) is 3.50. The molecule has 0 aromatic heterocycles. The van der Waals surface area contributed by atoms with Crippen LogP contribution in [-0.2, 0) is 18.4 Å². The molecule has 2 heteroatoms. The first-order valence-corrected chi connectivity index (χ1v) is 6.84. The standard InChI is InChI=1S/C15H21NO/c16-15(9-2-1-3-10-15)13-8-7-11-5-4-6-12(11)14(13)17/h7-8,17H,1-6,9-10,16H2. The maximum Gasteiger partial charge on any atom is 0.124 e. The Bertz CT molecular complexity index is 433. The second-order valence-corrected chi connectivity index (χ2v) is 5.67. The van der Waals surface area contributed by atoms with Crippen LogP contribution in [-0.4, -0.2) is 5.11 Å². The van der Waals surface area contributed by atoms with Crippen molar-refractivity contribution in [2.24, 2.45) is 5.73 Å². The van der Waals surface area contributed by atoms with E-state index < -0.39 is 0 Å². The Kier molecular flexibility index (Phi) is 2.62. The molecule has 0 aliphatic heterocycles. The zero-order valence-electron chi connectivity index (χ0n) is 10.3. The Labute approximate surface area is 103 Å². The van der Waals surface area contributed by atoms with E-state index in [0.717, 1.165) is 36.8 Å². The molecule has 0 atom stereocenters. The third-order valence-electron chi connectivity index (χ3n) is 4.53. The summed E-state index contributed by atoms with van der Waals surface area (Å²) < 4.78 is 0. The number of nitrogens with two attached hydrogens (primary N) is 1. The van der Waals surface area contributed by atoms with Crippen LogP contribution < -0.4 is 5.73 Å². The second-order valence-electron chi connectivity index (χ2n) is 5.67. The van der Waals surface area contributed by atoms with Crippen molar-refractivity contribution >= 4 is 0 Å². The summed E-state index contributed by atoms with van der Waals surface area (Å²) in [5, 5.41) is 10.4. The van der Waals surface area contributed by atoms with Crippen LogP contribution in [0.25, 0.3) is 0 Å². The van der Waals surface area contributed by atoms with E-state index in [2.05, 4.69) is 12.1 Å². The average Bonchev–Trinajstić information content (AvgIpc) is 2.79. The van der Waals surface area contributed by atoms with Crippen molar-refractivity contribution in [2.75, 3.05) is 0 Å². The molecule has 2 aliphatic rings. The van der Waals surface area contributed by atoms with Crippen molar-refractivity contribution in [2.45, 2.75) is 56.9 Å². The van der Waals surface area contributed by atoms with Crippen LogP contribution in [0.1, 0.15) is 55.2 Å². The number of rotatable bonds is 1. The van der Waals surface area contributed by atoms with Crippen LogP contribution in [0.3, 0.4) is 0 Å². The van der Waals surface area contributed by atoms with Crippen molar-refractivity contribution in [3.8, 4) is 5.75 Å². The highest BCUT2D eigenvalue weighted by atomic mass is 16.3. The maximum atomic E-state index is 10.4. The minimum Gasteiger partial charge on any atom is -0.507 e.